The first kappa shape index (κ1) is 13.7. The number of nitrogens with one attached hydrogen (secondary N) is 1. The summed E-state index contributed by atoms with van der Waals surface area (Å²) in [5.74, 6) is 1.46. The Labute approximate surface area is 102 Å². The Morgan fingerprint density at radius 1 is 1.41 bits per heavy atom. The number of aromatic nitrogens is 2. The van der Waals surface area contributed by atoms with Crippen LogP contribution in [0.5, 0.6) is 0 Å². The highest BCUT2D eigenvalue weighted by Crippen LogP contribution is 2.08. The van der Waals surface area contributed by atoms with E-state index in [0.717, 1.165) is 5.82 Å². The summed E-state index contributed by atoms with van der Waals surface area (Å²) in [7, 11) is 7.13. The van der Waals surface area contributed by atoms with Crippen LogP contribution in [0.15, 0.2) is 12.3 Å². The Morgan fingerprint density at radius 2 is 2.18 bits per heavy atom. The van der Waals surface area contributed by atoms with Crippen molar-refractivity contribution in [3.63, 3.8) is 0 Å². The third-order valence-corrected chi connectivity index (χ3v) is 2.24. The van der Waals surface area contributed by atoms with Crippen molar-refractivity contribution >= 4 is 11.8 Å². The topological polar surface area (TPSA) is 59.5 Å². The predicted molar refractivity (Wildman–Crippen MR) is 67.5 cm³/mol. The van der Waals surface area contributed by atoms with Gasteiger partial charge in [-0.1, -0.05) is 0 Å². The van der Waals surface area contributed by atoms with Crippen molar-refractivity contribution in [2.24, 2.45) is 0 Å². The van der Waals surface area contributed by atoms with E-state index in [0.29, 0.717) is 19.1 Å². The maximum absolute atomic E-state index is 5.25. The molecule has 1 unspecified atom stereocenters. The highest BCUT2D eigenvalue weighted by Gasteiger charge is 2.07. The molecule has 1 aromatic rings. The average Bonchev–Trinajstić information content (AvgIpc) is 2.34. The van der Waals surface area contributed by atoms with Crippen LogP contribution in [0.25, 0.3) is 0 Å². The van der Waals surface area contributed by atoms with Crippen molar-refractivity contribution in [2.45, 2.75) is 6.10 Å². The maximum atomic E-state index is 5.25. The van der Waals surface area contributed by atoms with Crippen molar-refractivity contribution in [1.29, 1.82) is 0 Å². The number of ether oxygens (including phenoxy) is 2. The fraction of sp³-hybridized carbons (Fsp3) is 0.636. The van der Waals surface area contributed by atoms with Crippen LogP contribution in [0.1, 0.15) is 0 Å². The molecular weight excluding hydrogens is 220 g/mol. The van der Waals surface area contributed by atoms with Gasteiger partial charge in [-0.05, 0) is 6.07 Å². The lowest BCUT2D eigenvalue weighted by molar-refractivity contribution is 0.0365. The molecule has 0 bridgehead atoms. The number of hydrogen-bond acceptors (Lipinski definition) is 6. The number of anilines is 2. The number of nitrogens with zero attached hydrogens (tertiary/aromatic N) is 3. The molecule has 0 aromatic carbocycles. The van der Waals surface area contributed by atoms with Crippen LogP contribution in [0, 0.1) is 0 Å². The van der Waals surface area contributed by atoms with E-state index >= 15 is 0 Å². The SMILES string of the molecule is COCC(CNc1ccnc(N(C)C)n1)OC. The summed E-state index contributed by atoms with van der Waals surface area (Å²) >= 11 is 0. The van der Waals surface area contributed by atoms with E-state index in [1.165, 1.54) is 0 Å². The Bertz CT molecular complexity index is 333. The molecule has 1 heterocycles. The summed E-state index contributed by atoms with van der Waals surface area (Å²) in [5, 5.41) is 3.19. The van der Waals surface area contributed by atoms with E-state index < -0.39 is 0 Å². The van der Waals surface area contributed by atoms with Crippen molar-refractivity contribution in [3.05, 3.63) is 12.3 Å². The summed E-state index contributed by atoms with van der Waals surface area (Å²) < 4.78 is 10.3. The minimum atomic E-state index is 0.0118. The van der Waals surface area contributed by atoms with E-state index in [-0.39, 0.29) is 6.10 Å². The van der Waals surface area contributed by atoms with Gasteiger partial charge in [-0.25, -0.2) is 4.98 Å². The van der Waals surface area contributed by atoms with E-state index in [2.05, 4.69) is 15.3 Å². The standard InChI is InChI=1S/C11H20N4O2/c1-15(2)11-12-6-5-10(14-11)13-7-9(17-4)8-16-3/h5-6,9H,7-8H2,1-4H3,(H,12,13,14). The molecule has 0 aliphatic heterocycles. The molecule has 1 N–H and O–H groups in total. The molecule has 6 heteroatoms. The van der Waals surface area contributed by atoms with Gasteiger partial charge in [-0.2, -0.15) is 4.98 Å². The zero-order valence-electron chi connectivity index (χ0n) is 10.8. The molecule has 1 aromatic heterocycles. The monoisotopic (exact) mass is 240 g/mol. The quantitative estimate of drug-likeness (QED) is 0.754. The molecule has 0 saturated heterocycles. The smallest absolute Gasteiger partial charge is 0.226 e. The Balaban J connectivity index is 2.53. The van der Waals surface area contributed by atoms with E-state index in [4.69, 9.17) is 9.47 Å². The molecule has 0 radical (unpaired) electrons. The molecule has 0 amide bonds. The first-order valence-corrected chi connectivity index (χ1v) is 5.43. The van der Waals surface area contributed by atoms with Crippen LogP contribution in [0.3, 0.4) is 0 Å². The van der Waals surface area contributed by atoms with E-state index in [1.54, 1.807) is 20.4 Å². The van der Waals surface area contributed by atoms with Crippen LogP contribution >= 0.6 is 0 Å². The normalized spacial score (nSPS) is 12.2. The van der Waals surface area contributed by atoms with Crippen LogP contribution in [-0.4, -0.2) is 57.5 Å². The lowest BCUT2D eigenvalue weighted by Gasteiger charge is -2.16. The summed E-state index contributed by atoms with van der Waals surface area (Å²) in [6.45, 7) is 1.20. The maximum Gasteiger partial charge on any atom is 0.226 e. The van der Waals surface area contributed by atoms with Crippen molar-refractivity contribution in [1.82, 2.24) is 9.97 Å². The Kier molecular flexibility index (Phi) is 5.65. The Morgan fingerprint density at radius 3 is 2.76 bits per heavy atom. The Hall–Kier alpha value is -1.40. The van der Waals surface area contributed by atoms with Gasteiger partial charge in [0, 0.05) is 41.1 Å². The second-order valence-corrected chi connectivity index (χ2v) is 3.83. The second kappa shape index (κ2) is 7.03. The van der Waals surface area contributed by atoms with Gasteiger partial charge in [0.15, 0.2) is 0 Å². The van der Waals surface area contributed by atoms with Crippen LogP contribution in [0.4, 0.5) is 11.8 Å². The van der Waals surface area contributed by atoms with Gasteiger partial charge in [-0.15, -0.1) is 0 Å². The number of methoxy groups -OCH3 is 2. The molecule has 1 atom stereocenters. The molecule has 96 valence electrons. The summed E-state index contributed by atoms with van der Waals surface area (Å²) in [6.07, 6.45) is 1.74. The highest BCUT2D eigenvalue weighted by atomic mass is 16.5. The van der Waals surface area contributed by atoms with Crippen LogP contribution in [0.2, 0.25) is 0 Å². The van der Waals surface area contributed by atoms with Crippen LogP contribution in [-0.2, 0) is 9.47 Å². The minimum absolute atomic E-state index is 0.0118. The van der Waals surface area contributed by atoms with Gasteiger partial charge in [0.2, 0.25) is 5.95 Å². The zero-order chi connectivity index (χ0) is 12.7. The van der Waals surface area contributed by atoms with E-state index in [9.17, 15) is 0 Å². The molecule has 0 fully saturated rings. The first-order valence-electron chi connectivity index (χ1n) is 5.43. The molecule has 0 spiro atoms. The van der Waals surface area contributed by atoms with Gasteiger partial charge in [-0.3, -0.25) is 0 Å². The molecule has 0 aliphatic carbocycles. The van der Waals surface area contributed by atoms with Gasteiger partial charge in [0.1, 0.15) is 5.82 Å². The fourth-order valence-corrected chi connectivity index (χ4v) is 1.28. The third-order valence-electron chi connectivity index (χ3n) is 2.24. The molecule has 6 nitrogen and oxygen atoms in total. The summed E-state index contributed by atoms with van der Waals surface area (Å²) in [6, 6.07) is 1.83. The van der Waals surface area contributed by atoms with Crippen molar-refractivity contribution in [2.75, 3.05) is 51.7 Å². The van der Waals surface area contributed by atoms with Gasteiger partial charge in [0.25, 0.3) is 0 Å². The molecule has 1 rings (SSSR count). The van der Waals surface area contributed by atoms with Gasteiger partial charge in [0.05, 0.1) is 12.7 Å². The van der Waals surface area contributed by atoms with Crippen molar-refractivity contribution < 1.29 is 9.47 Å². The molecular formula is C11H20N4O2. The van der Waals surface area contributed by atoms with Crippen molar-refractivity contribution in [3.8, 4) is 0 Å². The third kappa shape index (κ3) is 4.54. The van der Waals surface area contributed by atoms with Gasteiger partial charge < -0.3 is 19.7 Å². The summed E-state index contributed by atoms with van der Waals surface area (Å²) in [4.78, 5) is 10.3. The minimum Gasteiger partial charge on any atom is -0.382 e. The zero-order valence-corrected chi connectivity index (χ0v) is 10.8. The number of rotatable bonds is 7. The fourth-order valence-electron chi connectivity index (χ4n) is 1.28. The van der Waals surface area contributed by atoms with Gasteiger partial charge >= 0.3 is 0 Å². The molecule has 0 saturated carbocycles. The molecule has 17 heavy (non-hydrogen) atoms. The molecule has 0 aliphatic rings. The number of hydrogen-bond donors (Lipinski definition) is 1. The lowest BCUT2D eigenvalue weighted by atomic mass is 10.3. The largest absolute Gasteiger partial charge is 0.382 e. The highest BCUT2D eigenvalue weighted by molar-refractivity contribution is 5.40. The first-order chi connectivity index (χ1) is 8.17. The second-order valence-electron chi connectivity index (χ2n) is 3.83. The predicted octanol–water partition coefficient (Wildman–Crippen LogP) is 0.616. The van der Waals surface area contributed by atoms with Crippen LogP contribution < -0.4 is 10.2 Å². The van der Waals surface area contributed by atoms with E-state index in [1.807, 2.05) is 25.1 Å². The average molecular weight is 240 g/mol. The summed E-state index contributed by atoms with van der Waals surface area (Å²) in [5.41, 5.74) is 0. The lowest BCUT2D eigenvalue weighted by Crippen LogP contribution is -2.27.